The number of rotatable bonds is 14. The third kappa shape index (κ3) is 9.64. The van der Waals surface area contributed by atoms with Crippen molar-refractivity contribution in [2.75, 3.05) is 19.6 Å². The summed E-state index contributed by atoms with van der Waals surface area (Å²) in [5.41, 5.74) is -0.591. The molecule has 4 atom stereocenters. The minimum absolute atomic E-state index is 0.0244. The van der Waals surface area contributed by atoms with Crippen LogP contribution in [-0.2, 0) is 24.0 Å². The Kier molecular flexibility index (Phi) is 12.2. The second-order valence-corrected chi connectivity index (χ2v) is 15.5. The van der Waals surface area contributed by atoms with Crippen molar-refractivity contribution in [3.63, 3.8) is 0 Å². The molecule has 5 amide bonds. The molecule has 4 N–H and O–H groups in total. The molecule has 1 aliphatic heterocycles. The number of ketones is 1. The second kappa shape index (κ2) is 16.4. The van der Waals surface area contributed by atoms with E-state index in [9.17, 15) is 28.8 Å². The van der Waals surface area contributed by atoms with Crippen molar-refractivity contribution >= 4 is 35.3 Å². The summed E-state index contributed by atoms with van der Waals surface area (Å²) in [4.78, 5) is 92.9. The van der Waals surface area contributed by atoms with Gasteiger partial charge >= 0.3 is 0 Å². The van der Waals surface area contributed by atoms with Crippen LogP contribution in [0.5, 0.6) is 0 Å². The van der Waals surface area contributed by atoms with Crippen LogP contribution in [0.15, 0.2) is 18.6 Å². The molecular weight excluding hydrogens is 640 g/mol. The molecule has 5 rings (SSSR count). The number of aromatic nitrogens is 2. The molecule has 1 aromatic heterocycles. The summed E-state index contributed by atoms with van der Waals surface area (Å²) in [5, 5.41) is 11.5. The monoisotopic (exact) mass is 694 g/mol. The molecule has 0 bridgehead atoms. The highest BCUT2D eigenvalue weighted by molar-refractivity contribution is 6.38. The van der Waals surface area contributed by atoms with E-state index in [-0.39, 0.29) is 42.1 Å². The van der Waals surface area contributed by atoms with Crippen LogP contribution in [0.1, 0.15) is 109 Å². The molecule has 3 saturated carbocycles. The van der Waals surface area contributed by atoms with Gasteiger partial charge in [0.1, 0.15) is 23.8 Å². The number of hydrogen-bond acceptors (Lipinski definition) is 9. The molecule has 0 unspecified atom stereocenters. The quantitative estimate of drug-likeness (QED) is 0.210. The summed E-state index contributed by atoms with van der Waals surface area (Å²) in [6.07, 6.45) is 13.3. The van der Waals surface area contributed by atoms with Gasteiger partial charge < -0.3 is 26.2 Å². The number of nitrogens with one attached hydrogen (secondary N) is 4. The number of hydrogen-bond donors (Lipinski definition) is 4. The van der Waals surface area contributed by atoms with Crippen LogP contribution in [0.2, 0.25) is 0 Å². The van der Waals surface area contributed by atoms with Gasteiger partial charge in [-0.3, -0.25) is 38.7 Å². The predicted octanol–water partition coefficient (Wildman–Crippen LogP) is 1.49. The van der Waals surface area contributed by atoms with E-state index in [2.05, 4.69) is 36.1 Å². The standard InChI is InChI=1S/C36H54N8O6/c1-5-9-25(29(45)34(49)39-23-12-13-23)40-32(47)27-21-43(18-19-44(27)24-14-15-24)35(50)30(36(2,3)4)42-33(48)28(22-10-7-6-8-11-22)41-31(46)26-20-37-16-17-38-26/h16-17,20,22-25,27-28,30H,5-15,18-19,21H2,1-4H3,(H,39,49)(H,40,47)(H,41,46)(H,42,48)/t25-,27-,28-,30+/m0/s1. The third-order valence-corrected chi connectivity index (χ3v) is 10.3. The summed E-state index contributed by atoms with van der Waals surface area (Å²) in [7, 11) is 0. The summed E-state index contributed by atoms with van der Waals surface area (Å²) >= 11 is 0. The average Bonchev–Trinajstić information content (AvgIpc) is 4.05. The van der Waals surface area contributed by atoms with E-state index in [0.717, 1.165) is 57.8 Å². The van der Waals surface area contributed by atoms with Gasteiger partial charge in [-0.1, -0.05) is 53.4 Å². The maximum Gasteiger partial charge on any atom is 0.289 e. The SMILES string of the molecule is CCC[C@H](NC(=O)[C@@H]1CN(C(=O)[C@@H](NC(=O)[C@@H](NC(=O)c2cnccn2)C2CCCCC2)C(C)(C)C)CCN1C1CC1)C(=O)C(=O)NC1CC1. The van der Waals surface area contributed by atoms with Crippen molar-refractivity contribution in [2.45, 2.75) is 135 Å². The average molecular weight is 695 g/mol. The lowest BCUT2D eigenvalue weighted by molar-refractivity contribution is -0.146. The molecule has 14 heteroatoms. The molecule has 14 nitrogen and oxygen atoms in total. The molecule has 2 heterocycles. The lowest BCUT2D eigenvalue weighted by atomic mass is 9.82. The van der Waals surface area contributed by atoms with Crippen molar-refractivity contribution in [2.24, 2.45) is 11.3 Å². The summed E-state index contributed by atoms with van der Waals surface area (Å²) in [6.45, 7) is 8.45. The van der Waals surface area contributed by atoms with E-state index in [1.165, 1.54) is 18.6 Å². The molecule has 4 aliphatic rings. The Hall–Kier alpha value is -3.94. The van der Waals surface area contributed by atoms with Gasteiger partial charge in [-0.25, -0.2) is 4.98 Å². The fourth-order valence-corrected chi connectivity index (χ4v) is 7.10. The first-order valence-electron chi connectivity index (χ1n) is 18.4. The van der Waals surface area contributed by atoms with Crippen molar-refractivity contribution in [1.82, 2.24) is 41.0 Å². The van der Waals surface area contributed by atoms with E-state index in [4.69, 9.17) is 0 Å². The smallest absolute Gasteiger partial charge is 0.289 e. The van der Waals surface area contributed by atoms with E-state index in [1.54, 1.807) is 4.90 Å². The Morgan fingerprint density at radius 2 is 1.62 bits per heavy atom. The van der Waals surface area contributed by atoms with Gasteiger partial charge in [-0.2, -0.15) is 0 Å². The lowest BCUT2D eigenvalue weighted by Gasteiger charge is -2.44. The number of nitrogens with zero attached hydrogens (tertiary/aromatic N) is 4. The molecule has 4 fully saturated rings. The highest BCUT2D eigenvalue weighted by atomic mass is 16.2. The fourth-order valence-electron chi connectivity index (χ4n) is 7.10. The summed E-state index contributed by atoms with van der Waals surface area (Å²) in [5.74, 6) is -3.05. The minimum atomic E-state index is -0.950. The highest BCUT2D eigenvalue weighted by Gasteiger charge is 2.46. The summed E-state index contributed by atoms with van der Waals surface area (Å²) < 4.78 is 0. The molecule has 0 spiro atoms. The van der Waals surface area contributed by atoms with Gasteiger partial charge in [0, 0.05) is 44.1 Å². The van der Waals surface area contributed by atoms with Crippen LogP contribution in [0.25, 0.3) is 0 Å². The number of amides is 5. The molecule has 1 saturated heterocycles. The highest BCUT2D eigenvalue weighted by Crippen LogP contribution is 2.32. The molecule has 0 radical (unpaired) electrons. The molecule has 3 aliphatic carbocycles. The van der Waals surface area contributed by atoms with E-state index in [0.29, 0.717) is 25.9 Å². The Bertz CT molecular complexity index is 1400. The normalized spacial score (nSPS) is 22.1. The fraction of sp³-hybridized carbons (Fsp3) is 0.722. The van der Waals surface area contributed by atoms with Crippen LogP contribution in [0, 0.1) is 11.3 Å². The lowest BCUT2D eigenvalue weighted by Crippen LogP contribution is -2.66. The zero-order valence-corrected chi connectivity index (χ0v) is 29.9. The zero-order valence-electron chi connectivity index (χ0n) is 29.9. The first kappa shape index (κ1) is 37.3. The Balaban J connectivity index is 1.30. The molecule has 1 aromatic rings. The maximum absolute atomic E-state index is 14.4. The Morgan fingerprint density at radius 3 is 2.22 bits per heavy atom. The van der Waals surface area contributed by atoms with Crippen molar-refractivity contribution in [3.8, 4) is 0 Å². The first-order valence-corrected chi connectivity index (χ1v) is 18.4. The maximum atomic E-state index is 14.4. The van der Waals surface area contributed by atoms with Gasteiger partial charge in [0.25, 0.3) is 11.8 Å². The van der Waals surface area contributed by atoms with Crippen LogP contribution in [-0.4, -0.2) is 111 Å². The van der Waals surface area contributed by atoms with Gasteiger partial charge in [0.15, 0.2) is 0 Å². The molecule has 50 heavy (non-hydrogen) atoms. The zero-order chi connectivity index (χ0) is 36.0. The van der Waals surface area contributed by atoms with Crippen molar-refractivity contribution in [1.29, 1.82) is 0 Å². The van der Waals surface area contributed by atoms with Crippen molar-refractivity contribution in [3.05, 3.63) is 24.3 Å². The van der Waals surface area contributed by atoms with Crippen LogP contribution >= 0.6 is 0 Å². The summed E-state index contributed by atoms with van der Waals surface area (Å²) in [6, 6.07) is -3.22. The van der Waals surface area contributed by atoms with Crippen LogP contribution in [0.3, 0.4) is 0 Å². The Morgan fingerprint density at radius 1 is 0.900 bits per heavy atom. The van der Waals surface area contributed by atoms with Crippen molar-refractivity contribution < 1.29 is 28.8 Å². The van der Waals surface area contributed by atoms with Gasteiger partial charge in [0.2, 0.25) is 23.5 Å². The first-order chi connectivity index (χ1) is 23.9. The number of carbonyl (C=O) groups is 6. The van der Waals surface area contributed by atoms with Gasteiger partial charge in [0.05, 0.1) is 12.2 Å². The predicted molar refractivity (Wildman–Crippen MR) is 184 cm³/mol. The Labute approximate surface area is 294 Å². The molecule has 0 aromatic carbocycles. The van der Waals surface area contributed by atoms with E-state index in [1.807, 2.05) is 27.7 Å². The minimum Gasteiger partial charge on any atom is -0.347 e. The van der Waals surface area contributed by atoms with Gasteiger partial charge in [-0.05, 0) is 56.3 Å². The van der Waals surface area contributed by atoms with Crippen LogP contribution < -0.4 is 21.3 Å². The largest absolute Gasteiger partial charge is 0.347 e. The van der Waals surface area contributed by atoms with E-state index >= 15 is 0 Å². The van der Waals surface area contributed by atoms with Crippen LogP contribution in [0.4, 0.5) is 0 Å². The second-order valence-electron chi connectivity index (χ2n) is 15.5. The number of Topliss-reactive ketones (excluding diaryl/α,β-unsaturated/α-hetero) is 1. The number of piperazine rings is 1. The number of carbonyl (C=O) groups excluding carboxylic acids is 6. The topological polar surface area (TPSA) is 183 Å². The van der Waals surface area contributed by atoms with Gasteiger partial charge in [-0.15, -0.1) is 0 Å². The van der Waals surface area contributed by atoms with E-state index < -0.39 is 53.1 Å². The third-order valence-electron chi connectivity index (χ3n) is 10.3. The molecule has 274 valence electrons. The molecular formula is C36H54N8O6.